The van der Waals surface area contributed by atoms with Gasteiger partial charge in [0.25, 0.3) is 0 Å². The first-order valence-corrected chi connectivity index (χ1v) is 7.11. The molecule has 1 aliphatic carbocycles. The average molecular weight is 250 g/mol. The van der Waals surface area contributed by atoms with Crippen LogP contribution in [0.4, 0.5) is 0 Å². The van der Waals surface area contributed by atoms with Gasteiger partial charge >= 0.3 is 0 Å². The summed E-state index contributed by atoms with van der Waals surface area (Å²) in [4.78, 5) is 4.37. The highest BCUT2D eigenvalue weighted by Crippen LogP contribution is 2.44. The summed E-state index contributed by atoms with van der Waals surface area (Å²) in [5.74, 6) is 1.83. The number of aryl methyl sites for hydroxylation is 1. The minimum Gasteiger partial charge on any atom is -0.314 e. The smallest absolute Gasteiger partial charge is 0.138 e. The molecule has 0 aliphatic heterocycles. The normalized spacial score (nSPS) is 24.3. The molecule has 2 unspecified atom stereocenters. The fourth-order valence-corrected chi connectivity index (χ4v) is 3.42. The van der Waals surface area contributed by atoms with E-state index < -0.39 is 0 Å². The van der Waals surface area contributed by atoms with Gasteiger partial charge in [-0.25, -0.2) is 4.98 Å². The molecule has 2 rings (SSSR count). The van der Waals surface area contributed by atoms with Gasteiger partial charge in [0.1, 0.15) is 12.2 Å². The van der Waals surface area contributed by atoms with Gasteiger partial charge in [-0.3, -0.25) is 4.68 Å². The number of rotatable bonds is 5. The molecular weight excluding hydrogens is 224 g/mol. The predicted molar refractivity (Wildman–Crippen MR) is 73.3 cm³/mol. The van der Waals surface area contributed by atoms with Crippen molar-refractivity contribution in [3.05, 3.63) is 12.2 Å². The van der Waals surface area contributed by atoms with Crippen molar-refractivity contribution in [3.63, 3.8) is 0 Å². The van der Waals surface area contributed by atoms with E-state index in [4.69, 9.17) is 0 Å². The van der Waals surface area contributed by atoms with Crippen LogP contribution in [0.1, 0.15) is 45.9 Å². The molecule has 0 aromatic carbocycles. The van der Waals surface area contributed by atoms with Crippen LogP contribution in [0.5, 0.6) is 0 Å². The maximum Gasteiger partial charge on any atom is 0.138 e. The summed E-state index contributed by atoms with van der Waals surface area (Å²) in [6, 6.07) is 0.524. The number of nitrogens with one attached hydrogen (secondary N) is 1. The Kier molecular flexibility index (Phi) is 4.05. The summed E-state index contributed by atoms with van der Waals surface area (Å²) >= 11 is 0. The molecule has 2 atom stereocenters. The van der Waals surface area contributed by atoms with Crippen molar-refractivity contribution in [1.82, 2.24) is 20.1 Å². The molecule has 0 radical (unpaired) electrons. The standard InChI is InChI=1S/C14H26N4/c1-5-15-12(9-13-16-10-17-18(13)4)11-7-6-8-14(11,2)3/h10-12,15H,5-9H2,1-4H3. The van der Waals surface area contributed by atoms with Crippen LogP contribution in [0.25, 0.3) is 0 Å². The molecule has 1 aliphatic rings. The first-order chi connectivity index (χ1) is 8.54. The van der Waals surface area contributed by atoms with E-state index in [0.717, 1.165) is 24.7 Å². The van der Waals surface area contributed by atoms with Crippen molar-refractivity contribution in [3.8, 4) is 0 Å². The van der Waals surface area contributed by atoms with Crippen LogP contribution in [-0.4, -0.2) is 27.4 Å². The number of hydrogen-bond donors (Lipinski definition) is 1. The molecule has 18 heavy (non-hydrogen) atoms. The first kappa shape index (κ1) is 13.5. The maximum absolute atomic E-state index is 4.37. The zero-order valence-electron chi connectivity index (χ0n) is 12.1. The maximum atomic E-state index is 4.37. The topological polar surface area (TPSA) is 42.7 Å². The monoisotopic (exact) mass is 250 g/mol. The highest BCUT2D eigenvalue weighted by atomic mass is 15.3. The Hall–Kier alpha value is -0.900. The summed E-state index contributed by atoms with van der Waals surface area (Å²) in [7, 11) is 1.98. The van der Waals surface area contributed by atoms with E-state index in [2.05, 4.69) is 36.2 Å². The van der Waals surface area contributed by atoms with Gasteiger partial charge in [-0.05, 0) is 30.7 Å². The second-order valence-corrected chi connectivity index (χ2v) is 6.16. The third-order valence-electron chi connectivity index (χ3n) is 4.50. The zero-order chi connectivity index (χ0) is 13.2. The van der Waals surface area contributed by atoms with Crippen LogP contribution in [0, 0.1) is 11.3 Å². The fourth-order valence-electron chi connectivity index (χ4n) is 3.42. The van der Waals surface area contributed by atoms with E-state index in [1.807, 2.05) is 11.7 Å². The van der Waals surface area contributed by atoms with E-state index >= 15 is 0 Å². The van der Waals surface area contributed by atoms with Crippen LogP contribution in [0.2, 0.25) is 0 Å². The molecule has 1 N–H and O–H groups in total. The average Bonchev–Trinajstić information content (AvgIpc) is 2.84. The van der Waals surface area contributed by atoms with Crippen molar-refractivity contribution in [1.29, 1.82) is 0 Å². The van der Waals surface area contributed by atoms with Gasteiger partial charge < -0.3 is 5.32 Å². The van der Waals surface area contributed by atoms with Gasteiger partial charge in [0.05, 0.1) is 0 Å². The third kappa shape index (κ3) is 2.74. The van der Waals surface area contributed by atoms with Crippen molar-refractivity contribution >= 4 is 0 Å². The third-order valence-corrected chi connectivity index (χ3v) is 4.50. The Morgan fingerprint density at radius 2 is 2.33 bits per heavy atom. The molecule has 0 amide bonds. The van der Waals surface area contributed by atoms with Gasteiger partial charge in [-0.15, -0.1) is 0 Å². The van der Waals surface area contributed by atoms with E-state index in [-0.39, 0.29) is 0 Å². The summed E-state index contributed by atoms with van der Waals surface area (Å²) in [5, 5.41) is 7.84. The number of aromatic nitrogens is 3. The first-order valence-electron chi connectivity index (χ1n) is 7.11. The Bertz CT molecular complexity index is 383. The minimum atomic E-state index is 0.450. The van der Waals surface area contributed by atoms with Crippen molar-refractivity contribution in [2.24, 2.45) is 18.4 Å². The van der Waals surface area contributed by atoms with Crippen LogP contribution in [0.3, 0.4) is 0 Å². The van der Waals surface area contributed by atoms with E-state index in [0.29, 0.717) is 11.5 Å². The summed E-state index contributed by atoms with van der Waals surface area (Å²) in [6.07, 6.45) is 6.68. The lowest BCUT2D eigenvalue weighted by molar-refractivity contribution is 0.195. The molecule has 1 heterocycles. The molecule has 1 aromatic heterocycles. The minimum absolute atomic E-state index is 0.450. The lowest BCUT2D eigenvalue weighted by Crippen LogP contribution is -2.42. The molecule has 4 nitrogen and oxygen atoms in total. The van der Waals surface area contributed by atoms with Gasteiger partial charge in [0.15, 0.2) is 0 Å². The molecule has 1 saturated carbocycles. The molecular formula is C14H26N4. The number of hydrogen-bond acceptors (Lipinski definition) is 3. The molecule has 102 valence electrons. The van der Waals surface area contributed by atoms with Crippen molar-refractivity contribution < 1.29 is 0 Å². The van der Waals surface area contributed by atoms with Crippen LogP contribution >= 0.6 is 0 Å². The SMILES string of the molecule is CCNC(Cc1ncnn1C)C1CCCC1(C)C. The van der Waals surface area contributed by atoms with Gasteiger partial charge in [0.2, 0.25) is 0 Å². The van der Waals surface area contributed by atoms with Crippen LogP contribution < -0.4 is 5.32 Å². The highest BCUT2D eigenvalue weighted by Gasteiger charge is 2.39. The molecule has 0 spiro atoms. The zero-order valence-corrected chi connectivity index (χ0v) is 12.1. The largest absolute Gasteiger partial charge is 0.314 e. The lowest BCUT2D eigenvalue weighted by atomic mass is 9.76. The van der Waals surface area contributed by atoms with E-state index in [9.17, 15) is 0 Å². The quantitative estimate of drug-likeness (QED) is 0.871. The molecule has 0 bridgehead atoms. The Labute approximate surface area is 110 Å². The molecule has 4 heteroatoms. The Balaban J connectivity index is 2.11. The molecule has 0 saturated heterocycles. The number of nitrogens with zero attached hydrogens (tertiary/aromatic N) is 3. The lowest BCUT2D eigenvalue weighted by Gasteiger charge is -2.34. The van der Waals surface area contributed by atoms with Gasteiger partial charge in [0, 0.05) is 19.5 Å². The van der Waals surface area contributed by atoms with Crippen LogP contribution in [-0.2, 0) is 13.5 Å². The van der Waals surface area contributed by atoms with Crippen LogP contribution in [0.15, 0.2) is 6.33 Å². The molecule has 1 fully saturated rings. The second kappa shape index (κ2) is 5.39. The predicted octanol–water partition coefficient (Wildman–Crippen LogP) is 2.16. The second-order valence-electron chi connectivity index (χ2n) is 6.16. The highest BCUT2D eigenvalue weighted by molar-refractivity contribution is 4.98. The van der Waals surface area contributed by atoms with Crippen molar-refractivity contribution in [2.45, 2.75) is 52.5 Å². The number of likely N-dealkylation sites (N-methyl/N-ethyl adjacent to an activating group) is 1. The van der Waals surface area contributed by atoms with E-state index in [1.54, 1.807) is 6.33 Å². The Morgan fingerprint density at radius 1 is 1.56 bits per heavy atom. The summed E-state index contributed by atoms with van der Waals surface area (Å²) in [5.41, 5.74) is 0.450. The van der Waals surface area contributed by atoms with Crippen molar-refractivity contribution in [2.75, 3.05) is 6.54 Å². The molecule has 1 aromatic rings. The fraction of sp³-hybridized carbons (Fsp3) is 0.857. The van der Waals surface area contributed by atoms with Gasteiger partial charge in [-0.2, -0.15) is 5.10 Å². The Morgan fingerprint density at radius 3 is 2.83 bits per heavy atom. The summed E-state index contributed by atoms with van der Waals surface area (Å²) in [6.45, 7) is 8.03. The van der Waals surface area contributed by atoms with Gasteiger partial charge in [-0.1, -0.05) is 27.2 Å². The summed E-state index contributed by atoms with van der Waals surface area (Å²) < 4.78 is 1.90. The van der Waals surface area contributed by atoms with E-state index in [1.165, 1.54) is 19.3 Å².